The number of rotatable bonds is 6. The SMILES string of the molecule is C.C.C.C.CCCOC.COC(C)C.COCC[N+](C)(C)C. The highest BCUT2D eigenvalue weighted by Crippen LogP contribution is 1.87. The second kappa shape index (κ2) is 32.7. The Balaban J connectivity index is -0.0000000291. The first-order valence-electron chi connectivity index (χ1n) is 6.56. The molecule has 4 heteroatoms. The molecule has 0 bridgehead atoms. The molecular weight excluding hydrogens is 278 g/mol. The van der Waals surface area contributed by atoms with Crippen LogP contribution in [0.1, 0.15) is 56.9 Å². The summed E-state index contributed by atoms with van der Waals surface area (Å²) in [5.74, 6) is 0. The van der Waals surface area contributed by atoms with Crippen molar-refractivity contribution >= 4 is 0 Å². The smallest absolute Gasteiger partial charge is 0.102 e. The molecule has 0 fully saturated rings. The molecule has 0 rings (SSSR count). The van der Waals surface area contributed by atoms with E-state index in [1.807, 2.05) is 13.8 Å². The summed E-state index contributed by atoms with van der Waals surface area (Å²) < 4.78 is 15.3. The molecule has 0 aliphatic carbocycles. The van der Waals surface area contributed by atoms with Gasteiger partial charge in [0.05, 0.1) is 33.9 Å². The number of nitrogens with zero attached hydrogens (tertiary/aromatic N) is 1. The molecule has 0 aliphatic heterocycles. The molecule has 0 aromatic carbocycles. The number of hydrogen-bond acceptors (Lipinski definition) is 3. The van der Waals surface area contributed by atoms with Gasteiger partial charge in [-0.05, 0) is 20.3 Å². The highest BCUT2D eigenvalue weighted by atomic mass is 16.5. The van der Waals surface area contributed by atoms with Gasteiger partial charge in [-0.15, -0.1) is 0 Å². The van der Waals surface area contributed by atoms with Crippen molar-refractivity contribution in [3.05, 3.63) is 0 Å². The third-order valence-corrected chi connectivity index (χ3v) is 1.85. The molecule has 0 heterocycles. The van der Waals surface area contributed by atoms with E-state index in [2.05, 4.69) is 28.1 Å². The Bertz CT molecular complexity index is 133. The van der Waals surface area contributed by atoms with Gasteiger partial charge in [0, 0.05) is 27.9 Å². The van der Waals surface area contributed by atoms with Gasteiger partial charge in [0.15, 0.2) is 0 Å². The van der Waals surface area contributed by atoms with Gasteiger partial charge >= 0.3 is 0 Å². The van der Waals surface area contributed by atoms with Gasteiger partial charge in [-0.3, -0.25) is 0 Å². The summed E-state index contributed by atoms with van der Waals surface area (Å²) in [6.45, 7) is 8.91. The van der Waals surface area contributed by atoms with Crippen molar-refractivity contribution in [2.45, 2.75) is 63.0 Å². The number of ether oxygens (including phenoxy) is 3. The Morgan fingerprint density at radius 3 is 1.14 bits per heavy atom. The van der Waals surface area contributed by atoms with E-state index in [-0.39, 0.29) is 29.7 Å². The molecule has 0 spiro atoms. The van der Waals surface area contributed by atoms with Crippen LogP contribution in [0.3, 0.4) is 0 Å². The minimum atomic E-state index is 0. The zero-order valence-corrected chi connectivity index (χ0v) is 14.1. The van der Waals surface area contributed by atoms with E-state index in [1.165, 1.54) is 0 Å². The molecule has 0 aromatic heterocycles. The molecule has 0 amide bonds. The van der Waals surface area contributed by atoms with Gasteiger partial charge < -0.3 is 18.7 Å². The summed E-state index contributed by atoms with van der Waals surface area (Å²) in [5, 5.41) is 0. The molecule has 146 valence electrons. The van der Waals surface area contributed by atoms with E-state index in [4.69, 9.17) is 14.2 Å². The topological polar surface area (TPSA) is 27.7 Å². The molecule has 0 radical (unpaired) electrons. The molecule has 0 unspecified atom stereocenters. The Labute approximate surface area is 144 Å². The van der Waals surface area contributed by atoms with Crippen LogP contribution >= 0.6 is 0 Å². The van der Waals surface area contributed by atoms with Gasteiger partial charge in [0.1, 0.15) is 6.54 Å². The maximum absolute atomic E-state index is 4.90. The lowest BCUT2D eigenvalue weighted by atomic mass is 10.5. The summed E-state index contributed by atoms with van der Waals surface area (Å²) in [6.07, 6.45) is 1.51. The van der Waals surface area contributed by atoms with Crippen LogP contribution in [0.15, 0.2) is 0 Å². The largest absolute Gasteiger partial charge is 0.385 e. The molecule has 0 saturated carbocycles. The number of likely N-dealkylation sites (N-methyl/N-ethyl adjacent to an activating group) is 1. The average molecular weight is 331 g/mol. The zero-order chi connectivity index (χ0) is 15.0. The van der Waals surface area contributed by atoms with Crippen LogP contribution in [0.4, 0.5) is 0 Å². The van der Waals surface area contributed by atoms with Crippen LogP contribution in [0.5, 0.6) is 0 Å². The molecule has 0 aromatic rings. The third-order valence-electron chi connectivity index (χ3n) is 1.85. The van der Waals surface area contributed by atoms with Gasteiger partial charge in [-0.25, -0.2) is 0 Å². The normalized spacial score (nSPS) is 8.45. The lowest BCUT2D eigenvalue weighted by Crippen LogP contribution is -2.37. The lowest BCUT2D eigenvalue weighted by molar-refractivity contribution is -0.870. The fourth-order valence-electron chi connectivity index (χ4n) is 0.569. The van der Waals surface area contributed by atoms with Crippen molar-refractivity contribution in [3.63, 3.8) is 0 Å². The third kappa shape index (κ3) is 90.1. The van der Waals surface area contributed by atoms with Crippen LogP contribution in [0.25, 0.3) is 0 Å². The quantitative estimate of drug-likeness (QED) is 0.644. The lowest BCUT2D eigenvalue weighted by Gasteiger charge is -2.22. The summed E-state index contributed by atoms with van der Waals surface area (Å²) in [5.41, 5.74) is 0. The standard InChI is InChI=1S/C6H16NO.2C4H10O.4CH4/c1-7(2,3)5-6-8-4;1-4(2)5-3;1-3-4-5-2;;;;/h5-6H2,1-4H3;4H,1-3H3;3-4H2,1-2H3;4*1H4/q+1;;;;;;. The molecule has 0 atom stereocenters. The molecule has 4 nitrogen and oxygen atoms in total. The molecular formula is C18H52NO3+. The Morgan fingerprint density at radius 2 is 1.09 bits per heavy atom. The zero-order valence-electron chi connectivity index (χ0n) is 14.1. The van der Waals surface area contributed by atoms with E-state index < -0.39 is 0 Å². The van der Waals surface area contributed by atoms with Crippen molar-refractivity contribution in [1.29, 1.82) is 0 Å². The monoisotopic (exact) mass is 330 g/mol. The fourth-order valence-corrected chi connectivity index (χ4v) is 0.569. The Kier molecular flexibility index (Phi) is 64.0. The van der Waals surface area contributed by atoms with Crippen molar-refractivity contribution < 1.29 is 18.7 Å². The van der Waals surface area contributed by atoms with E-state index in [0.717, 1.165) is 30.7 Å². The summed E-state index contributed by atoms with van der Waals surface area (Å²) in [4.78, 5) is 0. The van der Waals surface area contributed by atoms with Crippen molar-refractivity contribution in [1.82, 2.24) is 0 Å². The maximum Gasteiger partial charge on any atom is 0.102 e. The van der Waals surface area contributed by atoms with E-state index in [9.17, 15) is 0 Å². The van der Waals surface area contributed by atoms with Crippen molar-refractivity contribution in [2.75, 3.05) is 62.2 Å². The summed E-state index contributed by atoms with van der Waals surface area (Å²) in [6, 6.07) is 0. The number of hydrogen-bond donors (Lipinski definition) is 0. The van der Waals surface area contributed by atoms with Crippen molar-refractivity contribution in [2.24, 2.45) is 0 Å². The van der Waals surface area contributed by atoms with Gasteiger partial charge in [0.25, 0.3) is 0 Å². The molecule has 0 N–H and O–H groups in total. The second-order valence-corrected chi connectivity index (χ2v) is 5.28. The summed E-state index contributed by atoms with van der Waals surface area (Å²) >= 11 is 0. The molecule has 0 aliphatic rings. The van der Waals surface area contributed by atoms with Crippen LogP contribution < -0.4 is 0 Å². The first kappa shape index (κ1) is 43.1. The first-order valence-corrected chi connectivity index (χ1v) is 6.56. The van der Waals surface area contributed by atoms with Gasteiger partial charge in [-0.2, -0.15) is 0 Å². The summed E-state index contributed by atoms with van der Waals surface area (Å²) in [7, 11) is 11.6. The number of methoxy groups -OCH3 is 3. The maximum atomic E-state index is 4.90. The highest BCUT2D eigenvalue weighted by molar-refractivity contribution is 4.27. The van der Waals surface area contributed by atoms with E-state index >= 15 is 0 Å². The first-order chi connectivity index (χ1) is 8.24. The van der Waals surface area contributed by atoms with E-state index in [0.29, 0.717) is 6.10 Å². The van der Waals surface area contributed by atoms with Crippen LogP contribution in [0, 0.1) is 0 Å². The van der Waals surface area contributed by atoms with E-state index in [1.54, 1.807) is 21.3 Å². The fraction of sp³-hybridized carbons (Fsp3) is 1.00. The van der Waals surface area contributed by atoms with Crippen LogP contribution in [-0.2, 0) is 14.2 Å². The Morgan fingerprint density at radius 1 is 0.773 bits per heavy atom. The molecule has 22 heavy (non-hydrogen) atoms. The second-order valence-electron chi connectivity index (χ2n) is 5.28. The highest BCUT2D eigenvalue weighted by Gasteiger charge is 2.03. The van der Waals surface area contributed by atoms with Crippen LogP contribution in [0.2, 0.25) is 0 Å². The predicted octanol–water partition coefficient (Wildman–Crippen LogP) is 4.97. The minimum absolute atomic E-state index is 0. The minimum Gasteiger partial charge on any atom is -0.385 e. The van der Waals surface area contributed by atoms with Crippen molar-refractivity contribution in [3.8, 4) is 0 Å². The van der Waals surface area contributed by atoms with Gasteiger partial charge in [0.2, 0.25) is 0 Å². The molecule has 0 saturated heterocycles. The predicted molar refractivity (Wildman–Crippen MR) is 106 cm³/mol. The average Bonchev–Trinajstić information content (AvgIpc) is 2.28. The van der Waals surface area contributed by atoms with Crippen LogP contribution in [-0.4, -0.2) is 72.8 Å². The van der Waals surface area contributed by atoms with Gasteiger partial charge in [-0.1, -0.05) is 36.6 Å². The number of quaternary nitrogens is 1. The Hall–Kier alpha value is -0.160.